The Morgan fingerprint density at radius 1 is 0.875 bits per heavy atom. The minimum absolute atomic E-state index is 0.421. The molecule has 0 atom stereocenters. The number of benzene rings is 1. The van der Waals surface area contributed by atoms with E-state index in [1.165, 1.54) is 18.2 Å². The highest BCUT2D eigenvalue weighted by atomic mass is 19.4. The molecule has 0 aliphatic rings. The van der Waals surface area contributed by atoms with Crippen molar-refractivity contribution in [1.29, 1.82) is 0 Å². The van der Waals surface area contributed by atoms with E-state index in [1.54, 1.807) is 0 Å². The van der Waals surface area contributed by atoms with Gasteiger partial charge in [0.1, 0.15) is 0 Å². The SMILES string of the molecule is FC(F)(F)NN(c1ccccc1)C(F)(F)F. The van der Waals surface area contributed by atoms with Crippen LogP contribution in [0.2, 0.25) is 0 Å². The zero-order valence-electron chi connectivity index (χ0n) is 7.60. The molecule has 2 nitrogen and oxygen atoms in total. The van der Waals surface area contributed by atoms with Crippen LogP contribution in [0.1, 0.15) is 0 Å². The second kappa shape index (κ2) is 4.20. The first-order chi connectivity index (χ1) is 7.20. The van der Waals surface area contributed by atoms with Gasteiger partial charge in [0, 0.05) is 0 Å². The fourth-order valence-electron chi connectivity index (χ4n) is 0.978. The molecule has 16 heavy (non-hydrogen) atoms. The predicted molar refractivity (Wildman–Crippen MR) is 44.2 cm³/mol. The van der Waals surface area contributed by atoms with Crippen molar-refractivity contribution in [1.82, 2.24) is 5.43 Å². The van der Waals surface area contributed by atoms with Gasteiger partial charge in [-0.05, 0) is 12.1 Å². The third-order valence-electron chi connectivity index (χ3n) is 1.51. The van der Waals surface area contributed by atoms with Gasteiger partial charge in [0.05, 0.1) is 5.69 Å². The number of hydrogen-bond acceptors (Lipinski definition) is 2. The molecule has 0 saturated heterocycles. The van der Waals surface area contributed by atoms with Crippen LogP contribution in [-0.2, 0) is 0 Å². The Labute approximate surface area is 86.4 Å². The average molecular weight is 244 g/mol. The van der Waals surface area contributed by atoms with Crippen LogP contribution in [0.5, 0.6) is 0 Å². The number of anilines is 1. The van der Waals surface area contributed by atoms with E-state index >= 15 is 0 Å². The Kier molecular flexibility index (Phi) is 3.32. The number of halogens is 6. The molecule has 0 fully saturated rings. The summed E-state index contributed by atoms with van der Waals surface area (Å²) in [4.78, 5) is 0. The molecule has 0 unspecified atom stereocenters. The van der Waals surface area contributed by atoms with Crippen molar-refractivity contribution in [2.45, 2.75) is 12.6 Å². The normalized spacial score (nSPS) is 12.6. The quantitative estimate of drug-likeness (QED) is 0.488. The Morgan fingerprint density at radius 2 is 1.38 bits per heavy atom. The van der Waals surface area contributed by atoms with Gasteiger partial charge in [-0.3, -0.25) is 0 Å². The highest BCUT2D eigenvalue weighted by Crippen LogP contribution is 2.28. The van der Waals surface area contributed by atoms with Gasteiger partial charge in [-0.15, -0.1) is 18.6 Å². The highest BCUT2D eigenvalue weighted by molar-refractivity contribution is 5.45. The molecule has 0 aliphatic carbocycles. The fraction of sp³-hybridized carbons (Fsp3) is 0.250. The van der Waals surface area contributed by atoms with Gasteiger partial charge in [-0.1, -0.05) is 18.2 Å². The van der Waals surface area contributed by atoms with Crippen LogP contribution in [0, 0.1) is 0 Å². The lowest BCUT2D eigenvalue weighted by atomic mass is 10.3. The molecule has 0 saturated carbocycles. The van der Waals surface area contributed by atoms with E-state index < -0.39 is 23.3 Å². The first kappa shape index (κ1) is 12.6. The number of nitrogens with zero attached hydrogens (tertiary/aromatic N) is 1. The fourth-order valence-corrected chi connectivity index (χ4v) is 0.978. The second-order valence-electron chi connectivity index (χ2n) is 2.75. The molecule has 1 aromatic rings. The average Bonchev–Trinajstić information content (AvgIpc) is 2.13. The van der Waals surface area contributed by atoms with Gasteiger partial charge < -0.3 is 0 Å². The first-order valence-corrected chi connectivity index (χ1v) is 3.97. The second-order valence-corrected chi connectivity index (χ2v) is 2.75. The maximum absolute atomic E-state index is 12.3. The van der Waals surface area contributed by atoms with Crippen molar-refractivity contribution in [3.8, 4) is 0 Å². The molecule has 0 amide bonds. The van der Waals surface area contributed by atoms with Crippen LogP contribution in [0.3, 0.4) is 0 Å². The third kappa shape index (κ3) is 3.61. The molecule has 0 bridgehead atoms. The van der Waals surface area contributed by atoms with Crippen LogP contribution in [0.15, 0.2) is 30.3 Å². The van der Waals surface area contributed by atoms with Crippen LogP contribution < -0.4 is 10.4 Å². The number of para-hydroxylation sites is 1. The molecule has 1 N–H and O–H groups in total. The van der Waals surface area contributed by atoms with Crippen LogP contribution in [-0.4, -0.2) is 12.6 Å². The third-order valence-corrected chi connectivity index (χ3v) is 1.51. The maximum atomic E-state index is 12.3. The molecule has 0 aromatic heterocycles. The van der Waals surface area contributed by atoms with E-state index in [0.717, 1.165) is 12.1 Å². The Balaban J connectivity index is 2.98. The zero-order valence-corrected chi connectivity index (χ0v) is 7.60. The maximum Gasteiger partial charge on any atom is 0.499 e. The lowest BCUT2D eigenvalue weighted by Gasteiger charge is -2.28. The minimum Gasteiger partial charge on any atom is -0.209 e. The summed E-state index contributed by atoms with van der Waals surface area (Å²) in [5.74, 6) is 0. The summed E-state index contributed by atoms with van der Waals surface area (Å²) in [5, 5.41) is -0.896. The van der Waals surface area contributed by atoms with E-state index in [4.69, 9.17) is 0 Å². The molecule has 0 radical (unpaired) electrons. The summed E-state index contributed by atoms with van der Waals surface area (Å²) in [6.45, 7) is 0. The number of hydrazine groups is 1. The molecular formula is C8H6F6N2. The van der Waals surface area contributed by atoms with Crippen molar-refractivity contribution in [3.63, 3.8) is 0 Å². The molecule has 0 aliphatic heterocycles. The summed E-state index contributed by atoms with van der Waals surface area (Å²) in [5.41, 5.74) is -0.225. The van der Waals surface area contributed by atoms with Gasteiger partial charge in [-0.2, -0.15) is 13.2 Å². The largest absolute Gasteiger partial charge is 0.499 e. The Morgan fingerprint density at radius 3 is 1.75 bits per heavy atom. The summed E-state index contributed by atoms with van der Waals surface area (Å²) >= 11 is 0. The number of nitrogens with one attached hydrogen (secondary N) is 1. The van der Waals surface area contributed by atoms with E-state index in [2.05, 4.69) is 0 Å². The highest BCUT2D eigenvalue weighted by Gasteiger charge is 2.44. The van der Waals surface area contributed by atoms with Crippen LogP contribution in [0.25, 0.3) is 0 Å². The molecule has 1 aromatic carbocycles. The van der Waals surface area contributed by atoms with Crippen molar-refractivity contribution in [3.05, 3.63) is 30.3 Å². The summed E-state index contributed by atoms with van der Waals surface area (Å²) in [6.07, 6.45) is -10.3. The number of alkyl halides is 6. The van der Waals surface area contributed by atoms with Gasteiger partial charge in [0.2, 0.25) is 0 Å². The van der Waals surface area contributed by atoms with Crippen molar-refractivity contribution >= 4 is 5.69 Å². The monoisotopic (exact) mass is 244 g/mol. The van der Waals surface area contributed by atoms with Gasteiger partial charge >= 0.3 is 12.6 Å². The lowest BCUT2D eigenvalue weighted by molar-refractivity contribution is -0.202. The smallest absolute Gasteiger partial charge is 0.209 e. The van der Waals surface area contributed by atoms with Gasteiger partial charge in [0.15, 0.2) is 0 Å². The van der Waals surface area contributed by atoms with Crippen LogP contribution in [0.4, 0.5) is 32.0 Å². The number of rotatable bonds is 2. The molecule has 1 rings (SSSR count). The molecule has 0 spiro atoms. The van der Waals surface area contributed by atoms with Crippen molar-refractivity contribution in [2.24, 2.45) is 0 Å². The lowest BCUT2D eigenvalue weighted by Crippen LogP contribution is -2.54. The van der Waals surface area contributed by atoms with Crippen molar-refractivity contribution < 1.29 is 26.3 Å². The van der Waals surface area contributed by atoms with E-state index in [9.17, 15) is 26.3 Å². The topological polar surface area (TPSA) is 15.3 Å². The summed E-state index contributed by atoms with van der Waals surface area (Å²) in [6, 6.07) is 5.61. The van der Waals surface area contributed by atoms with E-state index in [1.807, 2.05) is 0 Å². The molecule has 0 heterocycles. The Bertz CT molecular complexity index is 331. The standard InChI is InChI=1S/C8H6F6N2/c9-7(10,11)15-16(8(12,13)14)6-4-2-1-3-5-6/h1-5,15H. The van der Waals surface area contributed by atoms with E-state index in [0.29, 0.717) is 5.43 Å². The number of hydrogen-bond donors (Lipinski definition) is 1. The molecule has 8 heteroatoms. The summed E-state index contributed by atoms with van der Waals surface area (Å²) in [7, 11) is 0. The molecule has 90 valence electrons. The van der Waals surface area contributed by atoms with Gasteiger partial charge in [0.25, 0.3) is 0 Å². The first-order valence-electron chi connectivity index (χ1n) is 3.97. The van der Waals surface area contributed by atoms with E-state index in [-0.39, 0.29) is 0 Å². The van der Waals surface area contributed by atoms with Crippen molar-refractivity contribution in [2.75, 3.05) is 5.01 Å². The Hall–Kier alpha value is -1.44. The molecular weight excluding hydrogens is 238 g/mol. The zero-order chi connectivity index (χ0) is 12.4. The van der Waals surface area contributed by atoms with Gasteiger partial charge in [-0.25, -0.2) is 5.01 Å². The predicted octanol–water partition coefficient (Wildman–Crippen LogP) is 3.04. The minimum atomic E-state index is -5.17. The van der Waals surface area contributed by atoms with Crippen LogP contribution >= 0.6 is 0 Å². The summed E-state index contributed by atoms with van der Waals surface area (Å²) < 4.78 is 72.5.